The molecule has 3 rings (SSSR count). The molecule has 142 valence electrons. The summed E-state index contributed by atoms with van der Waals surface area (Å²) in [4.78, 5) is 12.4. The molecular weight excluding hydrogens is 394 g/mol. The molecule has 1 fully saturated rings. The summed E-state index contributed by atoms with van der Waals surface area (Å²) in [6.45, 7) is 3.64. The normalized spacial score (nSPS) is 16.7. The van der Waals surface area contributed by atoms with Gasteiger partial charge in [0.2, 0.25) is 5.91 Å². The van der Waals surface area contributed by atoms with Crippen LogP contribution >= 0.6 is 23.6 Å². The van der Waals surface area contributed by atoms with E-state index in [2.05, 4.69) is 15.5 Å². The van der Waals surface area contributed by atoms with Crippen LogP contribution in [0.5, 0.6) is 0 Å². The number of carbonyl (C=O) groups excluding carboxylic acids is 1. The zero-order valence-electron chi connectivity index (χ0n) is 14.3. The van der Waals surface area contributed by atoms with Crippen molar-refractivity contribution in [3.63, 3.8) is 0 Å². The van der Waals surface area contributed by atoms with E-state index in [1.807, 2.05) is 11.5 Å². The fraction of sp³-hybridized carbons (Fsp3) is 0.533. The molecule has 2 N–H and O–H groups in total. The molecule has 3 heterocycles. The number of thiophene rings is 1. The molecular formula is C15H21N5O3S3. The van der Waals surface area contributed by atoms with Gasteiger partial charge in [-0.15, -0.1) is 11.3 Å². The van der Waals surface area contributed by atoms with Crippen molar-refractivity contribution in [1.82, 2.24) is 24.4 Å². The summed E-state index contributed by atoms with van der Waals surface area (Å²) in [6.07, 6.45) is 1.02. The Balaban J connectivity index is 1.54. The summed E-state index contributed by atoms with van der Waals surface area (Å²) < 4.78 is 29.2. The monoisotopic (exact) mass is 415 g/mol. The van der Waals surface area contributed by atoms with Crippen LogP contribution in [0, 0.1) is 10.7 Å². The van der Waals surface area contributed by atoms with E-state index in [0.717, 1.165) is 0 Å². The molecule has 2 aromatic rings. The Hall–Kier alpha value is -1.56. The van der Waals surface area contributed by atoms with Crippen LogP contribution in [0.1, 0.15) is 25.6 Å². The van der Waals surface area contributed by atoms with E-state index < -0.39 is 10.0 Å². The second-order valence-electron chi connectivity index (χ2n) is 6.02. The Labute approximate surface area is 161 Å². The van der Waals surface area contributed by atoms with Crippen molar-refractivity contribution < 1.29 is 13.2 Å². The molecule has 0 bridgehead atoms. The lowest BCUT2D eigenvalue weighted by Gasteiger charge is -2.30. The molecule has 0 spiro atoms. The summed E-state index contributed by atoms with van der Waals surface area (Å²) in [6, 6.07) is 3.34. The topological polar surface area (TPSA) is 100 Å². The van der Waals surface area contributed by atoms with Crippen molar-refractivity contribution in [2.45, 2.75) is 37.1 Å². The molecule has 8 nitrogen and oxygen atoms in total. The van der Waals surface area contributed by atoms with Gasteiger partial charge in [-0.3, -0.25) is 9.89 Å². The predicted octanol–water partition coefficient (Wildman–Crippen LogP) is 1.74. The Morgan fingerprint density at radius 2 is 2.19 bits per heavy atom. The highest BCUT2D eigenvalue weighted by Gasteiger charge is 2.32. The summed E-state index contributed by atoms with van der Waals surface area (Å²) in [7, 11) is -3.44. The predicted molar refractivity (Wildman–Crippen MR) is 101 cm³/mol. The van der Waals surface area contributed by atoms with Crippen molar-refractivity contribution in [2.24, 2.45) is 5.92 Å². The molecule has 1 amide bonds. The van der Waals surface area contributed by atoms with Gasteiger partial charge in [-0.1, -0.05) is 6.07 Å². The third kappa shape index (κ3) is 3.90. The first kappa shape index (κ1) is 19.2. The average molecular weight is 416 g/mol. The van der Waals surface area contributed by atoms with Gasteiger partial charge >= 0.3 is 0 Å². The van der Waals surface area contributed by atoms with Crippen molar-refractivity contribution in [3.8, 4) is 0 Å². The first-order valence-electron chi connectivity index (χ1n) is 8.39. The first-order chi connectivity index (χ1) is 12.4. The maximum Gasteiger partial charge on any atom is 0.252 e. The van der Waals surface area contributed by atoms with E-state index in [4.69, 9.17) is 12.2 Å². The second-order valence-corrected chi connectivity index (χ2v) is 9.52. The molecule has 0 aliphatic carbocycles. The highest BCUT2D eigenvalue weighted by Crippen LogP contribution is 2.26. The summed E-state index contributed by atoms with van der Waals surface area (Å²) in [5.41, 5.74) is 0. The van der Waals surface area contributed by atoms with Gasteiger partial charge in [0.1, 0.15) is 4.21 Å². The van der Waals surface area contributed by atoms with Crippen LogP contribution in [-0.4, -0.2) is 46.5 Å². The number of aromatic nitrogens is 3. The first-order valence-corrected chi connectivity index (χ1v) is 11.1. The number of amides is 1. The lowest BCUT2D eigenvalue weighted by atomic mass is 9.97. The van der Waals surface area contributed by atoms with Crippen LogP contribution in [0.4, 0.5) is 0 Å². The number of H-pyrrole nitrogens is 1. The van der Waals surface area contributed by atoms with Crippen molar-refractivity contribution in [1.29, 1.82) is 0 Å². The Kier molecular flexibility index (Phi) is 5.90. The highest BCUT2D eigenvalue weighted by molar-refractivity contribution is 7.91. The molecule has 26 heavy (non-hydrogen) atoms. The van der Waals surface area contributed by atoms with Gasteiger partial charge in [0, 0.05) is 25.6 Å². The van der Waals surface area contributed by atoms with Crippen molar-refractivity contribution in [3.05, 3.63) is 28.1 Å². The molecule has 0 radical (unpaired) electrons. The van der Waals surface area contributed by atoms with Gasteiger partial charge in [0.25, 0.3) is 10.0 Å². The number of nitrogens with zero attached hydrogens (tertiary/aromatic N) is 3. The zero-order valence-corrected chi connectivity index (χ0v) is 16.8. The van der Waals surface area contributed by atoms with E-state index in [0.29, 0.717) is 53.8 Å². The Bertz CT molecular complexity index is 909. The van der Waals surface area contributed by atoms with E-state index in [-0.39, 0.29) is 11.8 Å². The van der Waals surface area contributed by atoms with Crippen molar-refractivity contribution in [2.75, 3.05) is 13.1 Å². The Morgan fingerprint density at radius 1 is 1.46 bits per heavy atom. The fourth-order valence-corrected chi connectivity index (χ4v) is 5.91. The fourth-order valence-electron chi connectivity index (χ4n) is 3.02. The highest BCUT2D eigenvalue weighted by atomic mass is 32.2. The number of aromatic amines is 1. The lowest BCUT2D eigenvalue weighted by molar-refractivity contribution is -0.126. The van der Waals surface area contributed by atoms with E-state index in [1.54, 1.807) is 17.5 Å². The van der Waals surface area contributed by atoms with Crippen LogP contribution in [-0.2, 0) is 27.9 Å². The number of rotatable bonds is 6. The smallest absolute Gasteiger partial charge is 0.252 e. The van der Waals surface area contributed by atoms with Gasteiger partial charge < -0.3 is 9.88 Å². The van der Waals surface area contributed by atoms with E-state index in [1.165, 1.54) is 15.6 Å². The number of carbonyl (C=O) groups is 1. The summed E-state index contributed by atoms with van der Waals surface area (Å²) >= 11 is 6.34. The average Bonchev–Trinajstić information content (AvgIpc) is 3.30. The quantitative estimate of drug-likeness (QED) is 0.700. The SMILES string of the molecule is CCn1c(CNC(=O)C2CCN(S(=O)(=O)c3cccs3)CC2)n[nH]c1=S. The molecule has 11 heteroatoms. The lowest BCUT2D eigenvalue weighted by Crippen LogP contribution is -2.42. The number of sulfonamides is 1. The molecule has 0 aromatic carbocycles. The minimum atomic E-state index is -3.44. The standard InChI is InChI=1S/C15H21N5O3S3/c1-2-20-12(17-18-15(20)24)10-16-14(21)11-5-7-19(8-6-11)26(22,23)13-4-3-9-25-13/h3-4,9,11H,2,5-8,10H2,1H3,(H,16,21)(H,18,24). The molecule has 2 aromatic heterocycles. The van der Waals surface area contributed by atoms with Crippen LogP contribution in [0.15, 0.2) is 21.7 Å². The number of hydrogen-bond acceptors (Lipinski definition) is 6. The van der Waals surface area contributed by atoms with E-state index in [9.17, 15) is 13.2 Å². The summed E-state index contributed by atoms with van der Waals surface area (Å²) in [5, 5.41) is 11.5. The second kappa shape index (κ2) is 7.99. The largest absolute Gasteiger partial charge is 0.349 e. The molecule has 0 unspecified atom stereocenters. The van der Waals surface area contributed by atoms with Gasteiger partial charge in [-0.2, -0.15) is 9.40 Å². The minimum absolute atomic E-state index is 0.0743. The Morgan fingerprint density at radius 3 is 2.81 bits per heavy atom. The third-order valence-corrected chi connectivity index (χ3v) is 8.07. The van der Waals surface area contributed by atoms with E-state index >= 15 is 0 Å². The molecule has 1 aliphatic heterocycles. The van der Waals surface area contributed by atoms with Gasteiger partial charge in [0.15, 0.2) is 10.6 Å². The van der Waals surface area contributed by atoms with Gasteiger partial charge in [0.05, 0.1) is 6.54 Å². The molecule has 0 saturated carbocycles. The zero-order chi connectivity index (χ0) is 18.7. The van der Waals surface area contributed by atoms with Crippen LogP contribution < -0.4 is 5.32 Å². The molecule has 1 aliphatic rings. The molecule has 1 saturated heterocycles. The van der Waals surface area contributed by atoms with Crippen LogP contribution in [0.3, 0.4) is 0 Å². The minimum Gasteiger partial charge on any atom is -0.349 e. The number of nitrogens with one attached hydrogen (secondary N) is 2. The van der Waals surface area contributed by atoms with Gasteiger partial charge in [-0.05, 0) is 43.4 Å². The van der Waals surface area contributed by atoms with Gasteiger partial charge in [-0.25, -0.2) is 8.42 Å². The third-order valence-electron chi connectivity index (χ3n) is 4.49. The van der Waals surface area contributed by atoms with Crippen molar-refractivity contribution >= 4 is 39.5 Å². The number of hydrogen-bond donors (Lipinski definition) is 2. The maximum atomic E-state index is 12.5. The van der Waals surface area contributed by atoms with Crippen LogP contribution in [0.2, 0.25) is 0 Å². The maximum absolute atomic E-state index is 12.5. The number of piperidine rings is 1. The summed E-state index contributed by atoms with van der Waals surface area (Å²) in [5.74, 6) is 0.417. The molecule has 0 atom stereocenters. The van der Waals surface area contributed by atoms with Crippen LogP contribution in [0.25, 0.3) is 0 Å².